The lowest BCUT2D eigenvalue weighted by Crippen LogP contribution is -2.26. The van der Waals surface area contributed by atoms with Gasteiger partial charge in [0.25, 0.3) is 0 Å². The minimum absolute atomic E-state index is 0.0607. The summed E-state index contributed by atoms with van der Waals surface area (Å²) in [6.45, 7) is 1.45. The van der Waals surface area contributed by atoms with Crippen molar-refractivity contribution in [2.75, 3.05) is 5.32 Å². The number of para-hydroxylation sites is 1. The summed E-state index contributed by atoms with van der Waals surface area (Å²) in [5, 5.41) is 20.1. The van der Waals surface area contributed by atoms with Crippen LogP contribution in [-0.2, 0) is 4.79 Å². The van der Waals surface area contributed by atoms with E-state index in [1.165, 1.54) is 19.1 Å². The van der Waals surface area contributed by atoms with Crippen molar-refractivity contribution < 1.29 is 19.8 Å². The lowest BCUT2D eigenvalue weighted by atomic mass is 10.1. The molecule has 1 rings (SSSR count). The Hall–Kier alpha value is -2.04. The number of rotatable bonds is 4. The second-order valence-corrected chi connectivity index (χ2v) is 3.05. The minimum atomic E-state index is -1.09. The summed E-state index contributed by atoms with van der Waals surface area (Å²) >= 11 is 0. The Balaban J connectivity index is 2.94. The van der Waals surface area contributed by atoms with E-state index in [1.54, 1.807) is 12.1 Å². The van der Waals surface area contributed by atoms with Gasteiger partial charge in [-0.05, 0) is 19.1 Å². The summed E-state index contributed by atoms with van der Waals surface area (Å²) in [4.78, 5) is 21.4. The molecule has 0 aliphatic rings. The first-order valence-corrected chi connectivity index (χ1v) is 4.34. The highest BCUT2D eigenvalue weighted by molar-refractivity contribution is 5.95. The summed E-state index contributed by atoms with van der Waals surface area (Å²) in [6.07, 6.45) is 0. The van der Waals surface area contributed by atoms with Crippen LogP contribution < -0.4 is 5.32 Å². The number of aliphatic carboxylic acids is 1. The molecule has 0 aliphatic carbocycles. The predicted octanol–water partition coefficient (Wildman–Crippen LogP) is 1.27. The number of aromatic carboxylic acids is 1. The number of carboxylic acid groups (broad SMARTS) is 2. The van der Waals surface area contributed by atoms with Crippen LogP contribution in [-0.4, -0.2) is 28.2 Å². The van der Waals surface area contributed by atoms with Crippen LogP contribution in [0.1, 0.15) is 17.3 Å². The maximum atomic E-state index is 10.8. The Labute approximate surface area is 86.4 Å². The first-order valence-electron chi connectivity index (χ1n) is 4.34. The molecule has 0 bridgehead atoms. The molecule has 80 valence electrons. The van der Waals surface area contributed by atoms with Crippen LogP contribution in [0.4, 0.5) is 5.69 Å². The highest BCUT2D eigenvalue weighted by Crippen LogP contribution is 2.15. The zero-order chi connectivity index (χ0) is 11.4. The fourth-order valence-corrected chi connectivity index (χ4v) is 1.09. The topological polar surface area (TPSA) is 86.6 Å². The van der Waals surface area contributed by atoms with Crippen molar-refractivity contribution in [3.63, 3.8) is 0 Å². The number of benzene rings is 1. The lowest BCUT2D eigenvalue weighted by Gasteiger charge is -2.12. The van der Waals surface area contributed by atoms with Gasteiger partial charge >= 0.3 is 11.9 Å². The van der Waals surface area contributed by atoms with Gasteiger partial charge in [0.15, 0.2) is 0 Å². The molecule has 0 saturated carbocycles. The molecule has 0 unspecified atom stereocenters. The van der Waals surface area contributed by atoms with Crippen LogP contribution >= 0.6 is 0 Å². The van der Waals surface area contributed by atoms with Crippen LogP contribution in [0.2, 0.25) is 0 Å². The molecule has 3 N–H and O–H groups in total. The SMILES string of the molecule is C[C@H](Nc1ccccc1C(=O)O)C(=O)O. The van der Waals surface area contributed by atoms with Gasteiger partial charge in [0.05, 0.1) is 5.56 Å². The van der Waals surface area contributed by atoms with Gasteiger partial charge in [0.1, 0.15) is 6.04 Å². The van der Waals surface area contributed by atoms with Crippen molar-refractivity contribution in [3.8, 4) is 0 Å². The number of hydrogen-bond acceptors (Lipinski definition) is 3. The third-order valence-electron chi connectivity index (χ3n) is 1.90. The smallest absolute Gasteiger partial charge is 0.337 e. The van der Waals surface area contributed by atoms with E-state index in [1.807, 2.05) is 0 Å². The maximum Gasteiger partial charge on any atom is 0.337 e. The van der Waals surface area contributed by atoms with Crippen molar-refractivity contribution in [2.45, 2.75) is 13.0 Å². The Morgan fingerprint density at radius 2 is 1.87 bits per heavy atom. The monoisotopic (exact) mass is 209 g/mol. The largest absolute Gasteiger partial charge is 0.480 e. The van der Waals surface area contributed by atoms with Gasteiger partial charge in [-0.2, -0.15) is 0 Å². The minimum Gasteiger partial charge on any atom is -0.480 e. The van der Waals surface area contributed by atoms with E-state index in [4.69, 9.17) is 10.2 Å². The molecule has 0 heterocycles. The Morgan fingerprint density at radius 3 is 2.40 bits per heavy atom. The van der Waals surface area contributed by atoms with Crippen LogP contribution in [0.5, 0.6) is 0 Å². The van der Waals surface area contributed by atoms with Gasteiger partial charge in [-0.15, -0.1) is 0 Å². The molecule has 1 atom stereocenters. The zero-order valence-corrected chi connectivity index (χ0v) is 8.10. The molecule has 0 amide bonds. The molecule has 0 saturated heterocycles. The second kappa shape index (κ2) is 4.45. The Bertz CT molecular complexity index is 389. The summed E-state index contributed by atoms with van der Waals surface area (Å²) in [5.41, 5.74) is 0.366. The van der Waals surface area contributed by atoms with Crippen molar-refractivity contribution in [1.82, 2.24) is 0 Å². The highest BCUT2D eigenvalue weighted by Gasteiger charge is 2.14. The van der Waals surface area contributed by atoms with Gasteiger partial charge in [-0.25, -0.2) is 4.79 Å². The van der Waals surface area contributed by atoms with Crippen LogP contribution in [0, 0.1) is 0 Å². The predicted molar refractivity (Wildman–Crippen MR) is 54.1 cm³/mol. The van der Waals surface area contributed by atoms with E-state index >= 15 is 0 Å². The van der Waals surface area contributed by atoms with Crippen molar-refractivity contribution in [2.24, 2.45) is 0 Å². The number of carboxylic acids is 2. The normalized spacial score (nSPS) is 11.8. The summed E-state index contributed by atoms with van der Waals surface area (Å²) in [5.74, 6) is -2.12. The van der Waals surface area contributed by atoms with Crippen molar-refractivity contribution in [1.29, 1.82) is 0 Å². The van der Waals surface area contributed by atoms with Gasteiger partial charge in [0, 0.05) is 5.69 Å². The molecule has 5 nitrogen and oxygen atoms in total. The number of hydrogen-bond donors (Lipinski definition) is 3. The van der Waals surface area contributed by atoms with Gasteiger partial charge in [-0.1, -0.05) is 12.1 Å². The van der Waals surface area contributed by atoms with Crippen LogP contribution in [0.15, 0.2) is 24.3 Å². The molecule has 0 spiro atoms. The molecule has 0 aromatic heterocycles. The molecular weight excluding hydrogens is 198 g/mol. The molecule has 15 heavy (non-hydrogen) atoms. The zero-order valence-electron chi connectivity index (χ0n) is 8.10. The van der Waals surface area contributed by atoms with Gasteiger partial charge < -0.3 is 15.5 Å². The van der Waals surface area contributed by atoms with E-state index in [0.29, 0.717) is 5.69 Å². The number of carbonyl (C=O) groups is 2. The number of anilines is 1. The molecule has 0 aliphatic heterocycles. The molecule has 0 radical (unpaired) electrons. The fraction of sp³-hybridized carbons (Fsp3) is 0.200. The molecule has 1 aromatic rings. The fourth-order valence-electron chi connectivity index (χ4n) is 1.09. The average Bonchev–Trinajstić information content (AvgIpc) is 2.18. The molecule has 0 fully saturated rings. The standard InChI is InChI=1S/C10H11NO4/c1-6(9(12)13)11-8-5-3-2-4-7(8)10(14)15/h2-6,11H,1H3,(H,12,13)(H,14,15)/t6-/m0/s1. The summed E-state index contributed by atoms with van der Waals surface area (Å²) in [6, 6.07) is 5.34. The third-order valence-corrected chi connectivity index (χ3v) is 1.90. The first kappa shape index (κ1) is 11.0. The van der Waals surface area contributed by atoms with Gasteiger partial charge in [0.2, 0.25) is 0 Å². The number of nitrogens with one attached hydrogen (secondary N) is 1. The Morgan fingerprint density at radius 1 is 1.27 bits per heavy atom. The van der Waals surface area contributed by atoms with E-state index in [9.17, 15) is 9.59 Å². The maximum absolute atomic E-state index is 10.8. The van der Waals surface area contributed by atoms with Gasteiger partial charge in [-0.3, -0.25) is 4.79 Å². The second-order valence-electron chi connectivity index (χ2n) is 3.05. The van der Waals surface area contributed by atoms with Crippen LogP contribution in [0.25, 0.3) is 0 Å². The molecular formula is C10H11NO4. The van der Waals surface area contributed by atoms with E-state index < -0.39 is 18.0 Å². The van der Waals surface area contributed by atoms with E-state index in [0.717, 1.165) is 0 Å². The first-order chi connectivity index (χ1) is 7.02. The quantitative estimate of drug-likeness (QED) is 0.695. The van der Waals surface area contributed by atoms with Crippen LogP contribution in [0.3, 0.4) is 0 Å². The van der Waals surface area contributed by atoms with E-state index in [-0.39, 0.29) is 5.56 Å². The summed E-state index contributed by atoms with van der Waals surface area (Å²) in [7, 11) is 0. The lowest BCUT2D eigenvalue weighted by molar-refractivity contribution is -0.137. The van der Waals surface area contributed by atoms with Crippen molar-refractivity contribution >= 4 is 17.6 Å². The summed E-state index contributed by atoms with van der Waals surface area (Å²) < 4.78 is 0. The average molecular weight is 209 g/mol. The third kappa shape index (κ3) is 2.70. The highest BCUT2D eigenvalue weighted by atomic mass is 16.4. The molecule has 1 aromatic carbocycles. The van der Waals surface area contributed by atoms with E-state index in [2.05, 4.69) is 5.32 Å². The molecule has 5 heteroatoms. The van der Waals surface area contributed by atoms with Crippen molar-refractivity contribution in [3.05, 3.63) is 29.8 Å². The Kier molecular flexibility index (Phi) is 3.28.